The van der Waals surface area contributed by atoms with Gasteiger partial charge in [0, 0.05) is 27.0 Å². The predicted octanol–water partition coefficient (Wildman–Crippen LogP) is 6.48. The maximum Gasteiger partial charge on any atom is 0.215 e. The van der Waals surface area contributed by atoms with Crippen LogP contribution in [0.15, 0.2) is 76.3 Å². The van der Waals surface area contributed by atoms with Crippen molar-refractivity contribution in [2.45, 2.75) is 18.7 Å². The first-order valence-electron chi connectivity index (χ1n) is 8.92. The normalized spacial score (nSPS) is 20.2. The van der Waals surface area contributed by atoms with Gasteiger partial charge in [0.15, 0.2) is 0 Å². The molecule has 0 amide bonds. The smallest absolute Gasteiger partial charge is 0.215 e. The van der Waals surface area contributed by atoms with Crippen LogP contribution >= 0.6 is 27.5 Å². The molecule has 0 spiro atoms. The second-order valence-electron chi connectivity index (χ2n) is 6.83. The molecule has 140 valence electrons. The number of hydrazone groups is 1. The Morgan fingerprint density at radius 2 is 1.82 bits per heavy atom. The highest BCUT2D eigenvalue weighted by Crippen LogP contribution is 2.49. The summed E-state index contributed by atoms with van der Waals surface area (Å²) in [5, 5.41) is 7.47. The van der Waals surface area contributed by atoms with Crippen LogP contribution in [0, 0.1) is 5.82 Å². The van der Waals surface area contributed by atoms with E-state index in [1.54, 1.807) is 12.1 Å². The fraction of sp³-hybridized carbons (Fsp3) is 0.136. The summed E-state index contributed by atoms with van der Waals surface area (Å²) >= 11 is 10.0. The number of rotatable bonds is 2. The maximum atomic E-state index is 13.3. The van der Waals surface area contributed by atoms with Crippen molar-refractivity contribution in [3.63, 3.8) is 0 Å². The molecule has 3 nitrogen and oxygen atoms in total. The van der Waals surface area contributed by atoms with Gasteiger partial charge in [-0.25, -0.2) is 9.40 Å². The number of hydrogen-bond donors (Lipinski definition) is 0. The van der Waals surface area contributed by atoms with E-state index in [0.29, 0.717) is 11.4 Å². The maximum absolute atomic E-state index is 13.3. The van der Waals surface area contributed by atoms with Crippen LogP contribution in [0.3, 0.4) is 0 Å². The Hall–Kier alpha value is -2.37. The zero-order valence-electron chi connectivity index (χ0n) is 14.6. The molecule has 0 radical (unpaired) electrons. The zero-order chi connectivity index (χ0) is 19.3. The molecule has 0 aliphatic carbocycles. The van der Waals surface area contributed by atoms with E-state index in [1.165, 1.54) is 12.1 Å². The van der Waals surface area contributed by atoms with E-state index in [4.69, 9.17) is 21.4 Å². The monoisotopic (exact) mass is 456 g/mol. The Morgan fingerprint density at radius 3 is 2.61 bits per heavy atom. The third-order valence-corrected chi connectivity index (χ3v) is 5.94. The van der Waals surface area contributed by atoms with Crippen molar-refractivity contribution < 1.29 is 9.13 Å². The van der Waals surface area contributed by atoms with E-state index in [2.05, 4.69) is 22.0 Å². The molecule has 2 atom stereocenters. The second kappa shape index (κ2) is 6.90. The van der Waals surface area contributed by atoms with Crippen molar-refractivity contribution >= 4 is 33.2 Å². The Balaban J connectivity index is 1.62. The first-order chi connectivity index (χ1) is 13.6. The minimum Gasteiger partial charge on any atom is -0.464 e. The van der Waals surface area contributed by atoms with Gasteiger partial charge < -0.3 is 4.74 Å². The number of fused-ring (bicyclic) bond motifs is 3. The quantitative estimate of drug-likeness (QED) is 0.440. The number of benzene rings is 3. The molecule has 0 N–H and O–H groups in total. The third kappa shape index (κ3) is 2.99. The van der Waals surface area contributed by atoms with Gasteiger partial charge in [-0.1, -0.05) is 57.9 Å². The summed E-state index contributed by atoms with van der Waals surface area (Å²) in [7, 11) is 0. The molecule has 0 fully saturated rings. The molecule has 0 saturated carbocycles. The van der Waals surface area contributed by atoms with Crippen LogP contribution in [-0.2, 0) is 0 Å². The summed E-state index contributed by atoms with van der Waals surface area (Å²) in [6.07, 6.45) is 0.282. The summed E-state index contributed by atoms with van der Waals surface area (Å²) in [5.41, 5.74) is 3.74. The average Bonchev–Trinajstić information content (AvgIpc) is 3.14. The number of hydrogen-bond acceptors (Lipinski definition) is 3. The summed E-state index contributed by atoms with van der Waals surface area (Å²) in [4.78, 5) is 0. The summed E-state index contributed by atoms with van der Waals surface area (Å²) in [6.45, 7) is 0. The van der Waals surface area contributed by atoms with Crippen molar-refractivity contribution in [2.24, 2.45) is 5.10 Å². The lowest BCUT2D eigenvalue weighted by Gasteiger charge is -2.38. The van der Waals surface area contributed by atoms with Gasteiger partial charge in [-0.3, -0.25) is 0 Å². The van der Waals surface area contributed by atoms with Crippen LogP contribution in [0.1, 0.15) is 35.4 Å². The molecule has 28 heavy (non-hydrogen) atoms. The van der Waals surface area contributed by atoms with Crippen LogP contribution < -0.4 is 4.74 Å². The molecule has 0 bridgehead atoms. The molecule has 3 aromatic rings. The molecule has 5 rings (SSSR count). The first-order valence-corrected chi connectivity index (χ1v) is 10.1. The molecule has 2 heterocycles. The van der Waals surface area contributed by atoms with E-state index in [0.717, 1.165) is 32.6 Å². The highest BCUT2D eigenvalue weighted by molar-refractivity contribution is 9.10. The van der Waals surface area contributed by atoms with Crippen LogP contribution in [0.4, 0.5) is 4.39 Å². The summed E-state index contributed by atoms with van der Waals surface area (Å²) in [5.74, 6) is 0.566. The van der Waals surface area contributed by atoms with E-state index >= 15 is 0 Å². The largest absolute Gasteiger partial charge is 0.464 e. The van der Waals surface area contributed by atoms with Gasteiger partial charge in [-0.15, -0.1) is 0 Å². The van der Waals surface area contributed by atoms with Gasteiger partial charge >= 0.3 is 0 Å². The zero-order valence-corrected chi connectivity index (χ0v) is 17.0. The van der Waals surface area contributed by atoms with Gasteiger partial charge in [-0.05, 0) is 42.0 Å². The van der Waals surface area contributed by atoms with Crippen LogP contribution in [-0.4, -0.2) is 10.7 Å². The van der Waals surface area contributed by atoms with E-state index in [9.17, 15) is 4.39 Å². The van der Waals surface area contributed by atoms with E-state index < -0.39 is 6.23 Å². The standard InChI is InChI=1S/C22H15BrClFN2O/c23-14-7-10-21-17(11-14)20-12-19(13-5-8-15(25)9-6-13)26-27(20)22(28-21)16-3-1-2-4-18(16)24/h1-11,20,22H,12H2/t20-,22+/m1/s1. The second-order valence-corrected chi connectivity index (χ2v) is 8.15. The molecule has 0 saturated heterocycles. The van der Waals surface area contributed by atoms with E-state index in [1.807, 2.05) is 41.4 Å². The van der Waals surface area contributed by atoms with Gasteiger partial charge in [-0.2, -0.15) is 5.10 Å². The van der Waals surface area contributed by atoms with Gasteiger partial charge in [0.2, 0.25) is 6.23 Å². The molecule has 6 heteroatoms. The van der Waals surface area contributed by atoms with Crippen LogP contribution in [0.25, 0.3) is 0 Å². The predicted molar refractivity (Wildman–Crippen MR) is 111 cm³/mol. The average molecular weight is 458 g/mol. The lowest BCUT2D eigenvalue weighted by molar-refractivity contribution is -0.0190. The van der Waals surface area contributed by atoms with Gasteiger partial charge in [0.25, 0.3) is 0 Å². The lowest BCUT2D eigenvalue weighted by Crippen LogP contribution is -2.33. The number of nitrogens with zero attached hydrogens (tertiary/aromatic N) is 2. The minimum atomic E-state index is -0.426. The summed E-state index contributed by atoms with van der Waals surface area (Å²) < 4.78 is 20.7. The molecule has 2 aliphatic rings. The minimum absolute atomic E-state index is 0.0163. The van der Waals surface area contributed by atoms with Crippen molar-refractivity contribution in [2.75, 3.05) is 0 Å². The third-order valence-electron chi connectivity index (χ3n) is 5.10. The fourth-order valence-corrected chi connectivity index (χ4v) is 4.36. The molecule has 0 aromatic heterocycles. The lowest BCUT2D eigenvalue weighted by atomic mass is 9.96. The van der Waals surface area contributed by atoms with Crippen LogP contribution in [0.2, 0.25) is 5.02 Å². The Morgan fingerprint density at radius 1 is 1.04 bits per heavy atom. The molecule has 3 aromatic carbocycles. The van der Waals surface area contributed by atoms with Crippen molar-refractivity contribution in [3.8, 4) is 5.75 Å². The molecule has 0 unspecified atom stereocenters. The topological polar surface area (TPSA) is 24.8 Å². The van der Waals surface area contributed by atoms with E-state index in [-0.39, 0.29) is 11.9 Å². The SMILES string of the molecule is Fc1ccc(C2=NN3[C@H](C2)c2cc(Br)ccc2O[C@H]3c2ccccc2Cl)cc1. The number of halogens is 3. The van der Waals surface area contributed by atoms with Gasteiger partial charge in [0.1, 0.15) is 11.6 Å². The van der Waals surface area contributed by atoms with Crippen molar-refractivity contribution in [3.05, 3.63) is 98.7 Å². The van der Waals surface area contributed by atoms with Crippen molar-refractivity contribution in [1.29, 1.82) is 0 Å². The summed E-state index contributed by atoms with van der Waals surface area (Å²) in [6, 6.07) is 20.1. The number of ether oxygens (including phenoxy) is 1. The Labute approximate surface area is 175 Å². The molecular formula is C22H15BrClFN2O. The van der Waals surface area contributed by atoms with Crippen LogP contribution in [0.5, 0.6) is 5.75 Å². The Kier molecular flexibility index (Phi) is 4.37. The fourth-order valence-electron chi connectivity index (χ4n) is 3.76. The Bertz CT molecular complexity index is 1090. The van der Waals surface area contributed by atoms with Gasteiger partial charge in [0.05, 0.1) is 11.8 Å². The molecule has 2 aliphatic heterocycles. The van der Waals surface area contributed by atoms with Crippen molar-refractivity contribution in [1.82, 2.24) is 5.01 Å². The highest BCUT2D eigenvalue weighted by atomic mass is 79.9. The first kappa shape index (κ1) is 17.7. The highest BCUT2D eigenvalue weighted by Gasteiger charge is 2.41. The molecular weight excluding hydrogens is 443 g/mol.